The minimum absolute atomic E-state index is 0.0113. The van der Waals surface area contributed by atoms with Crippen molar-refractivity contribution in [2.45, 2.75) is 223 Å². The standard InChI is InChI=1S/C47H81O15P/c1-3-5-7-9-11-12-13-14-15-16-17-18-19-21-26-30-40(49)58-34-37(35-59-63(56,57)62-47-45(54)43(52)42(51)44(53)46(47)55)60-41(50)31-27-23-22-24-28-36(48)32-33-39-38(61-39)29-25-20-10-8-6-4-2/h14-15,20,22,24-25,32-33,36-39,42-48,51-55H,3-13,16-19,21,23,26-31,34-35H2,1-2H3,(H,56,57)/b15-14-,24-22+,25-20+,33-32-. The highest BCUT2D eigenvalue weighted by molar-refractivity contribution is 7.47. The van der Waals surface area contributed by atoms with Gasteiger partial charge in [-0.15, -0.1) is 0 Å². The van der Waals surface area contributed by atoms with Gasteiger partial charge in [-0.25, -0.2) is 4.57 Å². The number of allylic oxidation sites excluding steroid dienone is 4. The fourth-order valence-corrected chi connectivity index (χ4v) is 8.02. The van der Waals surface area contributed by atoms with E-state index in [1.807, 2.05) is 18.2 Å². The summed E-state index contributed by atoms with van der Waals surface area (Å²) in [4.78, 5) is 35.7. The van der Waals surface area contributed by atoms with E-state index in [1.165, 1.54) is 57.8 Å². The van der Waals surface area contributed by atoms with E-state index in [9.17, 15) is 49.7 Å². The Hall–Kier alpha value is -2.27. The molecule has 1 aliphatic carbocycles. The summed E-state index contributed by atoms with van der Waals surface area (Å²) in [7, 11) is -5.17. The number of esters is 2. The number of aliphatic hydroxyl groups is 6. The lowest BCUT2D eigenvalue weighted by atomic mass is 9.85. The van der Waals surface area contributed by atoms with E-state index in [0.717, 1.165) is 51.4 Å². The third-order valence-corrected chi connectivity index (χ3v) is 12.1. The van der Waals surface area contributed by atoms with Crippen LogP contribution in [0.25, 0.3) is 0 Å². The number of ether oxygens (including phenoxy) is 3. The molecule has 2 fully saturated rings. The van der Waals surface area contributed by atoms with Gasteiger partial charge >= 0.3 is 19.8 Å². The lowest BCUT2D eigenvalue weighted by Crippen LogP contribution is -2.64. The second kappa shape index (κ2) is 34.1. The van der Waals surface area contributed by atoms with Crippen LogP contribution in [0.4, 0.5) is 0 Å². The van der Waals surface area contributed by atoms with Crippen LogP contribution in [0.15, 0.2) is 48.6 Å². The summed E-state index contributed by atoms with van der Waals surface area (Å²) in [5, 5.41) is 60.5. The molecule has 15 nitrogen and oxygen atoms in total. The average Bonchev–Trinajstić information content (AvgIpc) is 4.02. The largest absolute Gasteiger partial charge is 0.472 e. The van der Waals surface area contributed by atoms with Gasteiger partial charge in [-0.3, -0.25) is 18.6 Å². The van der Waals surface area contributed by atoms with Gasteiger partial charge in [0.05, 0.1) is 18.8 Å². The van der Waals surface area contributed by atoms with Crippen LogP contribution in [-0.4, -0.2) is 122 Å². The molecule has 0 radical (unpaired) electrons. The van der Waals surface area contributed by atoms with E-state index in [0.29, 0.717) is 25.7 Å². The van der Waals surface area contributed by atoms with Gasteiger partial charge in [0, 0.05) is 12.8 Å². The third-order valence-electron chi connectivity index (χ3n) is 11.1. The highest BCUT2D eigenvalue weighted by atomic mass is 31.2. The maximum Gasteiger partial charge on any atom is 0.472 e. The molecule has 0 aromatic carbocycles. The van der Waals surface area contributed by atoms with E-state index in [-0.39, 0.29) is 25.0 Å². The molecule has 364 valence electrons. The van der Waals surface area contributed by atoms with Crippen LogP contribution >= 0.6 is 7.82 Å². The van der Waals surface area contributed by atoms with Crippen LogP contribution in [0.5, 0.6) is 0 Å². The number of phosphoric ester groups is 1. The highest BCUT2D eigenvalue weighted by Gasteiger charge is 2.51. The quantitative estimate of drug-likeness (QED) is 0.0108. The van der Waals surface area contributed by atoms with Crippen molar-refractivity contribution in [3.8, 4) is 0 Å². The zero-order valence-electron chi connectivity index (χ0n) is 37.9. The Balaban J connectivity index is 1.76. The minimum atomic E-state index is -5.17. The van der Waals surface area contributed by atoms with Gasteiger partial charge in [0.15, 0.2) is 6.10 Å². The van der Waals surface area contributed by atoms with Gasteiger partial charge in [0.2, 0.25) is 0 Å². The van der Waals surface area contributed by atoms with Gasteiger partial charge in [0.1, 0.15) is 49.3 Å². The second-order valence-electron chi connectivity index (χ2n) is 16.8. The van der Waals surface area contributed by atoms with Crippen molar-refractivity contribution in [2.75, 3.05) is 13.2 Å². The molecule has 7 N–H and O–H groups in total. The molecule has 0 amide bonds. The number of hydrogen-bond donors (Lipinski definition) is 7. The molecule has 0 bridgehead atoms. The van der Waals surface area contributed by atoms with Crippen LogP contribution < -0.4 is 0 Å². The predicted molar refractivity (Wildman–Crippen MR) is 240 cm³/mol. The molecule has 0 spiro atoms. The van der Waals surface area contributed by atoms with Crippen LogP contribution in [0.2, 0.25) is 0 Å². The van der Waals surface area contributed by atoms with Crippen molar-refractivity contribution >= 4 is 19.8 Å². The van der Waals surface area contributed by atoms with E-state index in [4.69, 9.17) is 23.3 Å². The molecule has 63 heavy (non-hydrogen) atoms. The molecule has 1 heterocycles. The molecular weight excluding hydrogens is 835 g/mol. The van der Waals surface area contributed by atoms with Crippen molar-refractivity contribution < 1.29 is 72.9 Å². The lowest BCUT2D eigenvalue weighted by molar-refractivity contribution is -0.220. The first kappa shape index (κ1) is 56.9. The zero-order chi connectivity index (χ0) is 46.3. The number of epoxide rings is 1. The van der Waals surface area contributed by atoms with Gasteiger partial charge in [-0.05, 0) is 70.6 Å². The second-order valence-corrected chi connectivity index (χ2v) is 18.2. The Labute approximate surface area is 376 Å². The van der Waals surface area contributed by atoms with Crippen molar-refractivity contribution in [3.63, 3.8) is 0 Å². The van der Waals surface area contributed by atoms with Crippen LogP contribution in [0.3, 0.4) is 0 Å². The lowest BCUT2D eigenvalue weighted by Gasteiger charge is -2.41. The number of unbranched alkanes of at least 4 members (excludes halogenated alkanes) is 15. The summed E-state index contributed by atoms with van der Waals surface area (Å²) < 4.78 is 39.1. The Bertz CT molecular complexity index is 1370. The minimum Gasteiger partial charge on any atom is -0.462 e. The number of carbonyl (C=O) groups excluding carboxylic acids is 2. The molecule has 9 atom stereocenters. The predicted octanol–water partition coefficient (Wildman–Crippen LogP) is 7.13. The summed E-state index contributed by atoms with van der Waals surface area (Å²) in [6, 6.07) is 0. The molecule has 1 saturated carbocycles. The first-order chi connectivity index (χ1) is 30.3. The fourth-order valence-electron chi connectivity index (χ4n) is 7.05. The van der Waals surface area contributed by atoms with Crippen molar-refractivity contribution in [1.82, 2.24) is 0 Å². The van der Waals surface area contributed by atoms with Crippen molar-refractivity contribution in [2.24, 2.45) is 0 Å². The van der Waals surface area contributed by atoms with E-state index >= 15 is 0 Å². The number of rotatable bonds is 37. The molecule has 0 aromatic rings. The summed E-state index contributed by atoms with van der Waals surface area (Å²) >= 11 is 0. The van der Waals surface area contributed by atoms with Crippen LogP contribution in [0, 0.1) is 0 Å². The van der Waals surface area contributed by atoms with E-state index < -0.39 is 81.8 Å². The maximum atomic E-state index is 12.8. The Morgan fingerprint density at radius 3 is 1.79 bits per heavy atom. The average molecular weight is 917 g/mol. The topological polar surface area (TPSA) is 242 Å². The molecule has 2 rings (SSSR count). The molecule has 0 aromatic heterocycles. The summed E-state index contributed by atoms with van der Waals surface area (Å²) in [6.45, 7) is 3.12. The van der Waals surface area contributed by atoms with Gasteiger partial charge in [-0.2, -0.15) is 0 Å². The number of aliphatic hydroxyl groups excluding tert-OH is 6. The molecule has 9 unspecified atom stereocenters. The maximum absolute atomic E-state index is 12.8. The molecule has 1 aliphatic heterocycles. The van der Waals surface area contributed by atoms with Crippen LogP contribution in [-0.2, 0) is 37.4 Å². The first-order valence-corrected chi connectivity index (χ1v) is 25.2. The highest BCUT2D eigenvalue weighted by Crippen LogP contribution is 2.47. The Kier molecular flexibility index (Phi) is 30.8. The normalized spacial score (nSPS) is 25.9. The summed E-state index contributed by atoms with van der Waals surface area (Å²) in [5.74, 6) is -1.25. The molecule has 2 aliphatic rings. The Morgan fingerprint density at radius 1 is 0.635 bits per heavy atom. The fraction of sp³-hybridized carbons (Fsp3) is 0.787. The van der Waals surface area contributed by atoms with Gasteiger partial charge < -0.3 is 49.7 Å². The Morgan fingerprint density at radius 2 is 1.14 bits per heavy atom. The van der Waals surface area contributed by atoms with Crippen molar-refractivity contribution in [1.29, 1.82) is 0 Å². The van der Waals surface area contributed by atoms with Gasteiger partial charge in [0.25, 0.3) is 0 Å². The number of phosphoric acid groups is 1. The van der Waals surface area contributed by atoms with Crippen molar-refractivity contribution in [3.05, 3.63) is 48.6 Å². The number of carbonyl (C=O) groups is 2. The number of hydrogen-bond acceptors (Lipinski definition) is 14. The summed E-state index contributed by atoms with van der Waals surface area (Å²) in [6.07, 6.45) is 23.5. The van der Waals surface area contributed by atoms with E-state index in [1.54, 1.807) is 6.08 Å². The van der Waals surface area contributed by atoms with E-state index in [2.05, 4.69) is 38.2 Å². The first-order valence-electron chi connectivity index (χ1n) is 23.7. The van der Waals surface area contributed by atoms with Crippen LogP contribution in [0.1, 0.15) is 162 Å². The molecule has 16 heteroatoms. The molecule has 1 saturated heterocycles. The summed E-state index contributed by atoms with van der Waals surface area (Å²) in [5.41, 5.74) is 0. The SMILES string of the molecule is CCCCC/C=C/CC1OC1/C=C\C(O)C/C=C/CCCC(=O)OC(COC(=O)CCCCCCC/C=C\CCCCCCCC)COP(=O)(O)OC1C(O)C(O)C(O)C(O)C1O. The smallest absolute Gasteiger partial charge is 0.462 e. The van der Waals surface area contributed by atoms with Gasteiger partial charge in [-0.1, -0.05) is 127 Å². The molecular formula is C47H81O15P. The zero-order valence-corrected chi connectivity index (χ0v) is 38.8. The monoisotopic (exact) mass is 917 g/mol. The third kappa shape index (κ3) is 26.5.